The van der Waals surface area contributed by atoms with Gasteiger partial charge >= 0.3 is 12.1 Å². The number of halogens is 4. The van der Waals surface area contributed by atoms with E-state index in [1.54, 1.807) is 61.8 Å². The van der Waals surface area contributed by atoms with Crippen molar-refractivity contribution < 1.29 is 32.3 Å². The maximum absolute atomic E-state index is 14.2. The molecule has 47 heavy (non-hydrogen) atoms. The van der Waals surface area contributed by atoms with E-state index >= 15 is 0 Å². The molecule has 2 atom stereocenters. The van der Waals surface area contributed by atoms with Gasteiger partial charge in [0.1, 0.15) is 17.5 Å². The van der Waals surface area contributed by atoms with Gasteiger partial charge in [-0.1, -0.05) is 13.8 Å². The first-order valence-electron chi connectivity index (χ1n) is 15.2. The second-order valence-electron chi connectivity index (χ2n) is 12.6. The summed E-state index contributed by atoms with van der Waals surface area (Å²) in [5.41, 5.74) is 1.24. The molecule has 1 aromatic carbocycles. The van der Waals surface area contributed by atoms with Crippen molar-refractivity contribution in [1.29, 1.82) is 0 Å². The van der Waals surface area contributed by atoms with E-state index in [2.05, 4.69) is 10.3 Å². The summed E-state index contributed by atoms with van der Waals surface area (Å²) in [4.78, 5) is 45.4. The van der Waals surface area contributed by atoms with Crippen LogP contribution in [0.1, 0.15) is 66.6 Å². The molecule has 0 aliphatic heterocycles. The molecule has 1 unspecified atom stereocenters. The Balaban J connectivity index is 1.82. The van der Waals surface area contributed by atoms with Crippen LogP contribution in [0.2, 0.25) is 0 Å². The van der Waals surface area contributed by atoms with Gasteiger partial charge in [0.05, 0.1) is 23.7 Å². The van der Waals surface area contributed by atoms with Gasteiger partial charge in [0, 0.05) is 36.8 Å². The molecule has 13 heteroatoms. The minimum absolute atomic E-state index is 0.0187. The highest BCUT2D eigenvalue weighted by molar-refractivity contribution is 5.82. The number of carboxylic acids is 1. The highest BCUT2D eigenvalue weighted by Crippen LogP contribution is 2.34. The number of nitrogens with zero attached hydrogens (tertiary/aromatic N) is 4. The Hall–Kier alpha value is -4.52. The summed E-state index contributed by atoms with van der Waals surface area (Å²) in [6.07, 6.45) is -0.851. The van der Waals surface area contributed by atoms with Crippen LogP contribution >= 0.6 is 0 Å². The first-order valence-corrected chi connectivity index (χ1v) is 15.2. The number of alkyl halides is 3. The van der Waals surface area contributed by atoms with Crippen LogP contribution < -0.4 is 10.9 Å². The standard InChI is InChI=1S/C34H39F4N5O4/c1-19(2)11-28(43-18-22(7-9-41(5)6)25(16-30(43)44)34(36,37)38)33(47)40-26(17-31(45)46)23-14-27(42-10-8-39-29(42)15-23)32-20(3)12-24(35)13-21(32)4/h8,10,12-16,18-19,26,28H,7,9,11,17H2,1-6H3,(H,40,47)(H,45,46)/t26?,28-/m0/s1. The summed E-state index contributed by atoms with van der Waals surface area (Å²) in [7, 11) is 3.43. The van der Waals surface area contributed by atoms with E-state index in [9.17, 15) is 37.1 Å². The zero-order valence-corrected chi connectivity index (χ0v) is 27.2. The second-order valence-corrected chi connectivity index (χ2v) is 12.6. The maximum Gasteiger partial charge on any atom is 0.416 e. The van der Waals surface area contributed by atoms with Gasteiger partial charge in [-0.25, -0.2) is 9.37 Å². The first-order chi connectivity index (χ1) is 22.0. The lowest BCUT2D eigenvalue weighted by Crippen LogP contribution is -2.40. The predicted molar refractivity (Wildman–Crippen MR) is 170 cm³/mol. The van der Waals surface area contributed by atoms with Crippen LogP contribution in [0, 0.1) is 25.6 Å². The second kappa shape index (κ2) is 14.1. The molecular formula is C34H39F4N5O4. The Morgan fingerprint density at radius 3 is 2.30 bits per heavy atom. The van der Waals surface area contributed by atoms with Gasteiger partial charge < -0.3 is 19.9 Å². The van der Waals surface area contributed by atoms with Gasteiger partial charge in [-0.2, -0.15) is 13.2 Å². The molecule has 0 aliphatic rings. The number of fused-ring (bicyclic) bond motifs is 1. The largest absolute Gasteiger partial charge is 0.481 e. The number of aryl methyl sites for hydroxylation is 2. The Labute approximate surface area is 269 Å². The van der Waals surface area contributed by atoms with Crippen molar-refractivity contribution in [3.63, 3.8) is 0 Å². The van der Waals surface area contributed by atoms with Crippen LogP contribution in [0.5, 0.6) is 0 Å². The summed E-state index contributed by atoms with van der Waals surface area (Å²) in [6, 6.07) is 4.30. The first kappa shape index (κ1) is 35.3. The summed E-state index contributed by atoms with van der Waals surface area (Å²) in [5, 5.41) is 12.6. The molecule has 0 saturated carbocycles. The highest BCUT2D eigenvalue weighted by Gasteiger charge is 2.36. The Morgan fingerprint density at radius 2 is 1.72 bits per heavy atom. The molecule has 0 fully saturated rings. The van der Waals surface area contributed by atoms with Gasteiger partial charge in [0.2, 0.25) is 5.91 Å². The molecule has 9 nitrogen and oxygen atoms in total. The number of nitrogens with one attached hydrogen (secondary N) is 1. The average Bonchev–Trinajstić information content (AvgIpc) is 3.42. The lowest BCUT2D eigenvalue weighted by Gasteiger charge is -2.26. The number of carbonyl (C=O) groups is 2. The number of amides is 1. The summed E-state index contributed by atoms with van der Waals surface area (Å²) < 4.78 is 58.7. The predicted octanol–water partition coefficient (Wildman–Crippen LogP) is 5.96. The molecule has 0 spiro atoms. The quantitative estimate of drug-likeness (QED) is 0.182. The maximum atomic E-state index is 14.2. The number of rotatable bonds is 12. The van der Waals surface area contributed by atoms with E-state index in [0.29, 0.717) is 39.7 Å². The SMILES string of the molecule is Cc1cc(F)cc(C)c1-c1cc(C(CC(=O)O)NC(=O)[C@H](CC(C)C)n2cc(CCN(C)C)c(C(F)(F)F)cc2=O)cc2nccn12. The number of carboxylic acid groups (broad SMARTS) is 1. The monoisotopic (exact) mass is 657 g/mol. The Bertz CT molecular complexity index is 1820. The van der Waals surface area contributed by atoms with Crippen LogP contribution in [-0.2, 0) is 22.2 Å². The summed E-state index contributed by atoms with van der Waals surface area (Å²) in [6.45, 7) is 7.39. The van der Waals surface area contributed by atoms with Gasteiger partial charge in [0.15, 0.2) is 0 Å². The van der Waals surface area contributed by atoms with E-state index in [4.69, 9.17) is 0 Å². The lowest BCUT2D eigenvalue weighted by molar-refractivity contribution is -0.139. The minimum Gasteiger partial charge on any atom is -0.481 e. The number of imidazole rings is 1. The van der Waals surface area contributed by atoms with Crippen molar-refractivity contribution in [2.24, 2.45) is 5.92 Å². The van der Waals surface area contributed by atoms with Crippen molar-refractivity contribution in [2.45, 2.75) is 65.2 Å². The minimum atomic E-state index is -4.77. The molecule has 0 aliphatic carbocycles. The van der Waals surface area contributed by atoms with Gasteiger partial charge in [-0.3, -0.25) is 18.8 Å². The molecule has 0 bridgehead atoms. The summed E-state index contributed by atoms with van der Waals surface area (Å²) >= 11 is 0. The fraction of sp³-hybridized carbons (Fsp3) is 0.412. The van der Waals surface area contributed by atoms with E-state index in [1.165, 1.54) is 12.1 Å². The number of likely N-dealkylation sites (N-methyl/N-ethyl adjacent to an activating group) is 1. The van der Waals surface area contributed by atoms with Crippen molar-refractivity contribution in [3.8, 4) is 11.3 Å². The van der Waals surface area contributed by atoms with Crippen molar-refractivity contribution in [1.82, 2.24) is 24.2 Å². The average molecular weight is 658 g/mol. The van der Waals surface area contributed by atoms with Crippen molar-refractivity contribution in [2.75, 3.05) is 20.6 Å². The number of aromatic nitrogens is 3. The Morgan fingerprint density at radius 1 is 1.06 bits per heavy atom. The number of hydrogen-bond donors (Lipinski definition) is 2. The highest BCUT2D eigenvalue weighted by atomic mass is 19.4. The third-order valence-corrected chi connectivity index (χ3v) is 8.01. The fourth-order valence-corrected chi connectivity index (χ4v) is 5.88. The number of hydrogen-bond acceptors (Lipinski definition) is 5. The normalized spacial score (nSPS) is 13.4. The number of pyridine rings is 2. The van der Waals surface area contributed by atoms with Crippen LogP contribution in [0.4, 0.5) is 17.6 Å². The van der Waals surface area contributed by atoms with E-state index in [-0.39, 0.29) is 30.9 Å². The van der Waals surface area contributed by atoms with E-state index in [0.717, 1.165) is 10.8 Å². The third kappa shape index (κ3) is 8.26. The van der Waals surface area contributed by atoms with Crippen LogP contribution in [0.15, 0.2) is 53.7 Å². The smallest absolute Gasteiger partial charge is 0.416 e. The van der Waals surface area contributed by atoms with Gasteiger partial charge in [-0.15, -0.1) is 0 Å². The third-order valence-electron chi connectivity index (χ3n) is 8.01. The number of benzene rings is 1. The molecule has 0 radical (unpaired) electrons. The zero-order chi connectivity index (χ0) is 34.8. The van der Waals surface area contributed by atoms with Crippen LogP contribution in [0.3, 0.4) is 0 Å². The van der Waals surface area contributed by atoms with E-state index < -0.39 is 53.5 Å². The molecule has 2 N–H and O–H groups in total. The molecule has 1 amide bonds. The topological polar surface area (TPSA) is 109 Å². The van der Waals surface area contributed by atoms with E-state index in [1.807, 2.05) is 13.8 Å². The van der Waals surface area contributed by atoms with Crippen molar-refractivity contribution >= 4 is 17.5 Å². The zero-order valence-electron chi connectivity index (χ0n) is 27.2. The van der Waals surface area contributed by atoms with Gasteiger partial charge in [0.25, 0.3) is 5.56 Å². The van der Waals surface area contributed by atoms with Crippen molar-refractivity contribution in [3.05, 3.63) is 92.9 Å². The molecule has 4 rings (SSSR count). The number of carbonyl (C=O) groups excluding carboxylic acids is 1. The lowest BCUT2D eigenvalue weighted by atomic mass is 9.95. The Kier molecular flexibility index (Phi) is 10.6. The molecule has 0 saturated heterocycles. The molecule has 4 aromatic rings. The van der Waals surface area contributed by atoms with Crippen LogP contribution in [-0.4, -0.2) is 56.5 Å². The summed E-state index contributed by atoms with van der Waals surface area (Å²) in [5.74, 6) is -2.49. The molecule has 3 heterocycles. The molecule has 3 aromatic heterocycles. The molecule has 252 valence electrons. The fourth-order valence-electron chi connectivity index (χ4n) is 5.88. The van der Waals surface area contributed by atoms with Crippen LogP contribution in [0.25, 0.3) is 16.9 Å². The molecular weight excluding hydrogens is 618 g/mol. The van der Waals surface area contributed by atoms with Gasteiger partial charge in [-0.05, 0) is 93.2 Å². The number of aliphatic carboxylic acids is 1.